The third-order valence-electron chi connectivity index (χ3n) is 2.48. The summed E-state index contributed by atoms with van der Waals surface area (Å²) in [5, 5.41) is 5.28. The molecule has 0 fully saturated rings. The molecule has 1 atom stereocenters. The number of aromatic nitrogens is 1. The van der Waals surface area contributed by atoms with E-state index in [1.165, 1.54) is 21.1 Å². The Labute approximate surface area is 114 Å². The fourth-order valence-corrected chi connectivity index (χ4v) is 3.06. The summed E-state index contributed by atoms with van der Waals surface area (Å²) in [6, 6.07) is 4.14. The standard InChI is InChI=1S/C12H15N3OS2/c1-7-3-4-10(18-7)8(2)14-11(16)5-9-6-17-12(13)15-9/h3-4,6,8H,5H2,1-2H3,(H2,13,15)(H,14,16). The molecule has 0 aliphatic rings. The molecule has 0 bridgehead atoms. The fourth-order valence-electron chi connectivity index (χ4n) is 1.62. The van der Waals surface area contributed by atoms with Crippen molar-refractivity contribution in [3.05, 3.63) is 33.0 Å². The second-order valence-electron chi connectivity index (χ2n) is 4.09. The van der Waals surface area contributed by atoms with Crippen LogP contribution in [0.1, 0.15) is 28.4 Å². The van der Waals surface area contributed by atoms with Crippen LogP contribution < -0.4 is 11.1 Å². The molecule has 0 aromatic carbocycles. The second-order valence-corrected chi connectivity index (χ2v) is 6.30. The zero-order valence-electron chi connectivity index (χ0n) is 10.3. The maximum atomic E-state index is 11.8. The number of nitrogen functional groups attached to an aromatic ring is 1. The van der Waals surface area contributed by atoms with E-state index in [2.05, 4.69) is 23.3 Å². The highest BCUT2D eigenvalue weighted by Gasteiger charge is 2.12. The van der Waals surface area contributed by atoms with Gasteiger partial charge in [-0.15, -0.1) is 22.7 Å². The molecule has 2 aromatic rings. The van der Waals surface area contributed by atoms with Gasteiger partial charge >= 0.3 is 0 Å². The zero-order chi connectivity index (χ0) is 13.1. The SMILES string of the molecule is Cc1ccc(C(C)NC(=O)Cc2csc(N)n2)s1. The van der Waals surface area contributed by atoms with Gasteiger partial charge in [-0.05, 0) is 26.0 Å². The van der Waals surface area contributed by atoms with Crippen molar-refractivity contribution in [1.82, 2.24) is 10.3 Å². The van der Waals surface area contributed by atoms with Gasteiger partial charge in [-0.3, -0.25) is 4.79 Å². The molecule has 0 spiro atoms. The maximum absolute atomic E-state index is 11.8. The van der Waals surface area contributed by atoms with E-state index in [1.807, 2.05) is 18.4 Å². The zero-order valence-corrected chi connectivity index (χ0v) is 11.9. The van der Waals surface area contributed by atoms with Gasteiger partial charge in [0, 0.05) is 15.1 Å². The molecule has 0 aliphatic heterocycles. The Kier molecular flexibility index (Phi) is 3.98. The van der Waals surface area contributed by atoms with E-state index in [1.54, 1.807) is 11.3 Å². The van der Waals surface area contributed by atoms with E-state index >= 15 is 0 Å². The van der Waals surface area contributed by atoms with Crippen LogP contribution in [0.2, 0.25) is 0 Å². The second kappa shape index (κ2) is 5.49. The molecule has 0 saturated heterocycles. The van der Waals surface area contributed by atoms with E-state index < -0.39 is 0 Å². The summed E-state index contributed by atoms with van der Waals surface area (Å²) in [7, 11) is 0. The van der Waals surface area contributed by atoms with E-state index in [4.69, 9.17) is 5.73 Å². The first kappa shape index (κ1) is 13.0. The Morgan fingerprint density at radius 3 is 2.89 bits per heavy atom. The lowest BCUT2D eigenvalue weighted by Gasteiger charge is -2.11. The van der Waals surface area contributed by atoms with Crippen LogP contribution in [-0.4, -0.2) is 10.9 Å². The van der Waals surface area contributed by atoms with Gasteiger partial charge in [-0.25, -0.2) is 4.98 Å². The van der Waals surface area contributed by atoms with Gasteiger partial charge in [0.25, 0.3) is 0 Å². The van der Waals surface area contributed by atoms with Crippen molar-refractivity contribution in [1.29, 1.82) is 0 Å². The van der Waals surface area contributed by atoms with Crippen LogP contribution in [0, 0.1) is 6.92 Å². The number of carbonyl (C=O) groups excluding carboxylic acids is 1. The fraction of sp³-hybridized carbons (Fsp3) is 0.333. The maximum Gasteiger partial charge on any atom is 0.226 e. The summed E-state index contributed by atoms with van der Waals surface area (Å²) in [4.78, 5) is 18.3. The van der Waals surface area contributed by atoms with Crippen LogP contribution in [-0.2, 0) is 11.2 Å². The number of nitrogens with one attached hydrogen (secondary N) is 1. The van der Waals surface area contributed by atoms with Crippen LogP contribution in [0.3, 0.4) is 0 Å². The average Bonchev–Trinajstić information content (AvgIpc) is 2.87. The van der Waals surface area contributed by atoms with Gasteiger partial charge in [0.15, 0.2) is 5.13 Å². The molecule has 0 radical (unpaired) electrons. The van der Waals surface area contributed by atoms with Gasteiger partial charge in [0.2, 0.25) is 5.91 Å². The minimum Gasteiger partial charge on any atom is -0.375 e. The normalized spacial score (nSPS) is 12.3. The number of thiophene rings is 1. The predicted octanol–water partition coefficient (Wildman–Crippen LogP) is 2.52. The lowest BCUT2D eigenvalue weighted by Crippen LogP contribution is -2.27. The monoisotopic (exact) mass is 281 g/mol. The van der Waals surface area contributed by atoms with Gasteiger partial charge in [0.1, 0.15) is 0 Å². The lowest BCUT2D eigenvalue weighted by molar-refractivity contribution is -0.121. The van der Waals surface area contributed by atoms with Crippen molar-refractivity contribution in [3.63, 3.8) is 0 Å². The van der Waals surface area contributed by atoms with Gasteiger partial charge < -0.3 is 11.1 Å². The first-order valence-electron chi connectivity index (χ1n) is 5.60. The Hall–Kier alpha value is -1.40. The van der Waals surface area contributed by atoms with Crippen molar-refractivity contribution in [2.75, 3.05) is 5.73 Å². The average molecular weight is 281 g/mol. The Morgan fingerprint density at radius 1 is 1.56 bits per heavy atom. The highest BCUT2D eigenvalue weighted by Crippen LogP contribution is 2.22. The number of amides is 1. The summed E-state index contributed by atoms with van der Waals surface area (Å²) < 4.78 is 0. The van der Waals surface area contributed by atoms with Crippen LogP contribution in [0.15, 0.2) is 17.5 Å². The Morgan fingerprint density at radius 2 is 2.33 bits per heavy atom. The van der Waals surface area contributed by atoms with Crippen molar-refractivity contribution in [2.24, 2.45) is 0 Å². The Balaban J connectivity index is 1.91. The number of hydrogen-bond donors (Lipinski definition) is 2. The van der Waals surface area contributed by atoms with Crippen LogP contribution in [0.5, 0.6) is 0 Å². The topological polar surface area (TPSA) is 68.0 Å². The summed E-state index contributed by atoms with van der Waals surface area (Å²) in [6.45, 7) is 4.04. The molecule has 2 aromatic heterocycles. The number of anilines is 1. The van der Waals surface area contributed by atoms with Crippen LogP contribution in [0.4, 0.5) is 5.13 Å². The molecular weight excluding hydrogens is 266 g/mol. The summed E-state index contributed by atoms with van der Waals surface area (Å²) in [5.74, 6) is -0.0288. The lowest BCUT2D eigenvalue weighted by atomic mass is 10.2. The molecule has 0 saturated carbocycles. The predicted molar refractivity (Wildman–Crippen MR) is 75.8 cm³/mol. The third kappa shape index (κ3) is 3.30. The molecule has 0 aliphatic carbocycles. The quantitative estimate of drug-likeness (QED) is 0.905. The first-order chi connectivity index (χ1) is 8.54. The smallest absolute Gasteiger partial charge is 0.226 e. The minimum absolute atomic E-state index is 0.0288. The molecule has 96 valence electrons. The number of carbonyl (C=O) groups is 1. The van der Waals surface area contributed by atoms with Crippen LogP contribution in [0.25, 0.3) is 0 Å². The summed E-state index contributed by atoms with van der Waals surface area (Å²) in [6.07, 6.45) is 0.280. The highest BCUT2D eigenvalue weighted by molar-refractivity contribution is 7.13. The van der Waals surface area contributed by atoms with Crippen LogP contribution >= 0.6 is 22.7 Å². The minimum atomic E-state index is -0.0288. The first-order valence-corrected chi connectivity index (χ1v) is 7.30. The van der Waals surface area contributed by atoms with Crippen molar-refractivity contribution >= 4 is 33.7 Å². The molecule has 1 amide bonds. The molecule has 3 N–H and O–H groups in total. The summed E-state index contributed by atoms with van der Waals surface area (Å²) in [5.41, 5.74) is 6.25. The number of hydrogen-bond acceptors (Lipinski definition) is 5. The number of thiazole rings is 1. The summed E-state index contributed by atoms with van der Waals surface area (Å²) >= 11 is 3.05. The van der Waals surface area contributed by atoms with E-state index in [9.17, 15) is 4.79 Å². The molecule has 1 unspecified atom stereocenters. The third-order valence-corrected chi connectivity index (χ3v) is 4.38. The van der Waals surface area contributed by atoms with Crippen molar-refractivity contribution in [2.45, 2.75) is 26.3 Å². The van der Waals surface area contributed by atoms with E-state index in [0.717, 1.165) is 5.69 Å². The number of nitrogens with two attached hydrogens (primary N) is 1. The van der Waals surface area contributed by atoms with Gasteiger partial charge in [0.05, 0.1) is 18.2 Å². The Bertz CT molecular complexity index is 547. The molecular formula is C12H15N3OS2. The van der Waals surface area contributed by atoms with E-state index in [-0.39, 0.29) is 18.4 Å². The van der Waals surface area contributed by atoms with Crippen molar-refractivity contribution in [3.8, 4) is 0 Å². The van der Waals surface area contributed by atoms with E-state index in [0.29, 0.717) is 5.13 Å². The molecule has 6 heteroatoms. The van der Waals surface area contributed by atoms with Gasteiger partial charge in [-0.1, -0.05) is 0 Å². The number of nitrogens with zero attached hydrogens (tertiary/aromatic N) is 1. The van der Waals surface area contributed by atoms with Gasteiger partial charge in [-0.2, -0.15) is 0 Å². The molecule has 2 heterocycles. The molecule has 2 rings (SSSR count). The highest BCUT2D eigenvalue weighted by atomic mass is 32.1. The number of aryl methyl sites for hydroxylation is 1. The molecule has 18 heavy (non-hydrogen) atoms. The molecule has 4 nitrogen and oxygen atoms in total. The number of rotatable bonds is 4. The largest absolute Gasteiger partial charge is 0.375 e. The van der Waals surface area contributed by atoms with Crippen molar-refractivity contribution < 1.29 is 4.79 Å².